The molecular weight excluding hydrogens is 243 g/mol. The van der Waals surface area contributed by atoms with E-state index in [1.165, 1.54) is 18.9 Å². The molecule has 1 fully saturated rings. The highest BCUT2D eigenvalue weighted by Gasteiger charge is 2.31. The number of halogens is 3. The molecule has 0 aromatic heterocycles. The van der Waals surface area contributed by atoms with E-state index < -0.39 is 6.36 Å². The molecule has 0 saturated heterocycles. The third-order valence-corrected chi connectivity index (χ3v) is 2.83. The van der Waals surface area contributed by atoms with Crippen molar-refractivity contribution in [3.05, 3.63) is 29.8 Å². The van der Waals surface area contributed by atoms with Crippen molar-refractivity contribution in [1.29, 1.82) is 0 Å². The largest absolute Gasteiger partial charge is 0.573 e. The Morgan fingerprint density at radius 1 is 1.22 bits per heavy atom. The summed E-state index contributed by atoms with van der Waals surface area (Å²) in [5.41, 5.74) is 0.604. The van der Waals surface area contributed by atoms with Gasteiger partial charge in [-0.3, -0.25) is 0 Å². The van der Waals surface area contributed by atoms with Crippen LogP contribution in [0, 0.1) is 0 Å². The molecule has 0 aliphatic heterocycles. The molecule has 18 heavy (non-hydrogen) atoms. The summed E-state index contributed by atoms with van der Waals surface area (Å²) in [4.78, 5) is 0. The van der Waals surface area contributed by atoms with E-state index in [4.69, 9.17) is 0 Å². The number of benzene rings is 1. The highest BCUT2D eigenvalue weighted by molar-refractivity contribution is 5.33. The molecule has 1 aromatic carbocycles. The summed E-state index contributed by atoms with van der Waals surface area (Å²) in [6.07, 6.45) is -0.787. The van der Waals surface area contributed by atoms with Gasteiger partial charge < -0.3 is 10.1 Å². The molecule has 0 amide bonds. The highest BCUT2D eigenvalue weighted by atomic mass is 19.4. The van der Waals surface area contributed by atoms with E-state index in [0.717, 1.165) is 13.0 Å². The zero-order valence-electron chi connectivity index (χ0n) is 9.96. The fourth-order valence-electron chi connectivity index (χ4n) is 1.81. The summed E-state index contributed by atoms with van der Waals surface area (Å²) in [7, 11) is 0. The second-order valence-electron chi connectivity index (χ2n) is 4.49. The molecule has 2 rings (SSSR count). The number of alkyl halides is 3. The van der Waals surface area contributed by atoms with Gasteiger partial charge in [0.15, 0.2) is 0 Å². The number of rotatable bonds is 6. The topological polar surface area (TPSA) is 21.3 Å². The summed E-state index contributed by atoms with van der Waals surface area (Å²) in [6, 6.07) is 6.95. The zero-order valence-corrected chi connectivity index (χ0v) is 9.96. The quantitative estimate of drug-likeness (QED) is 0.792. The van der Waals surface area contributed by atoms with Crippen LogP contribution in [-0.2, 0) is 6.42 Å². The molecule has 1 aliphatic carbocycles. The Labute approximate surface area is 104 Å². The van der Waals surface area contributed by atoms with Crippen molar-refractivity contribution in [2.24, 2.45) is 0 Å². The number of hydrogen-bond acceptors (Lipinski definition) is 2. The lowest BCUT2D eigenvalue weighted by molar-refractivity contribution is -0.274. The average molecular weight is 259 g/mol. The molecule has 1 aliphatic rings. The number of ether oxygens (including phenoxy) is 1. The van der Waals surface area contributed by atoms with Gasteiger partial charge in [0, 0.05) is 6.04 Å². The van der Waals surface area contributed by atoms with Crippen molar-refractivity contribution in [2.45, 2.75) is 38.1 Å². The van der Waals surface area contributed by atoms with E-state index in [1.54, 1.807) is 18.2 Å². The monoisotopic (exact) mass is 259 g/mol. The van der Waals surface area contributed by atoms with Gasteiger partial charge in [0.25, 0.3) is 0 Å². The molecule has 0 bridgehead atoms. The van der Waals surface area contributed by atoms with Gasteiger partial charge in [-0.05, 0) is 43.9 Å². The summed E-state index contributed by atoms with van der Waals surface area (Å²) in [5, 5.41) is 3.33. The smallest absolute Gasteiger partial charge is 0.406 e. The van der Waals surface area contributed by atoms with E-state index in [-0.39, 0.29) is 5.75 Å². The fourth-order valence-corrected chi connectivity index (χ4v) is 1.81. The number of hydrogen-bond donors (Lipinski definition) is 1. The fraction of sp³-hybridized carbons (Fsp3) is 0.538. The number of nitrogens with one attached hydrogen (secondary N) is 1. The van der Waals surface area contributed by atoms with Crippen molar-refractivity contribution in [1.82, 2.24) is 5.32 Å². The average Bonchev–Trinajstić information content (AvgIpc) is 3.08. The molecular formula is C13H16F3NO. The predicted molar refractivity (Wildman–Crippen MR) is 62.5 cm³/mol. The molecule has 1 N–H and O–H groups in total. The minimum Gasteiger partial charge on any atom is -0.406 e. The Kier molecular flexibility index (Phi) is 4.11. The van der Waals surface area contributed by atoms with Crippen LogP contribution in [0.15, 0.2) is 24.3 Å². The molecule has 0 radical (unpaired) electrons. The van der Waals surface area contributed by atoms with Crippen LogP contribution in [0.5, 0.6) is 5.75 Å². The molecule has 1 aromatic rings. The third kappa shape index (κ3) is 4.56. The van der Waals surface area contributed by atoms with Crippen LogP contribution in [-0.4, -0.2) is 18.9 Å². The van der Waals surface area contributed by atoms with Gasteiger partial charge in [-0.1, -0.05) is 18.2 Å². The van der Waals surface area contributed by atoms with Crippen molar-refractivity contribution in [2.75, 3.05) is 6.54 Å². The molecule has 5 heteroatoms. The van der Waals surface area contributed by atoms with Crippen LogP contribution in [0.25, 0.3) is 0 Å². The number of aryl methyl sites for hydroxylation is 1. The molecule has 2 nitrogen and oxygen atoms in total. The third-order valence-electron chi connectivity index (χ3n) is 2.83. The first kappa shape index (κ1) is 13.2. The SMILES string of the molecule is FC(F)(F)Oc1ccccc1CCCNC1CC1. The Morgan fingerprint density at radius 2 is 1.94 bits per heavy atom. The molecule has 0 heterocycles. The van der Waals surface area contributed by atoms with Gasteiger partial charge >= 0.3 is 6.36 Å². The minimum atomic E-state index is -4.62. The van der Waals surface area contributed by atoms with E-state index in [2.05, 4.69) is 10.1 Å². The molecule has 0 atom stereocenters. The highest BCUT2D eigenvalue weighted by Crippen LogP contribution is 2.27. The lowest BCUT2D eigenvalue weighted by Crippen LogP contribution is -2.19. The maximum absolute atomic E-state index is 12.2. The van der Waals surface area contributed by atoms with Gasteiger partial charge in [-0.2, -0.15) is 0 Å². The van der Waals surface area contributed by atoms with Crippen molar-refractivity contribution in [3.63, 3.8) is 0 Å². The second kappa shape index (κ2) is 5.61. The Morgan fingerprint density at radius 3 is 2.61 bits per heavy atom. The Hall–Kier alpha value is -1.23. The van der Waals surface area contributed by atoms with Crippen LogP contribution in [0.3, 0.4) is 0 Å². The summed E-state index contributed by atoms with van der Waals surface area (Å²) in [5.74, 6) is -0.0866. The van der Waals surface area contributed by atoms with Crippen LogP contribution >= 0.6 is 0 Å². The van der Waals surface area contributed by atoms with Crippen molar-refractivity contribution >= 4 is 0 Å². The first-order valence-electron chi connectivity index (χ1n) is 6.11. The normalized spacial score (nSPS) is 15.7. The second-order valence-corrected chi connectivity index (χ2v) is 4.49. The van der Waals surface area contributed by atoms with Crippen LogP contribution in [0.4, 0.5) is 13.2 Å². The Balaban J connectivity index is 1.85. The summed E-state index contributed by atoms with van der Waals surface area (Å²) < 4.78 is 40.6. The summed E-state index contributed by atoms with van der Waals surface area (Å²) in [6.45, 7) is 0.838. The van der Waals surface area contributed by atoms with E-state index in [0.29, 0.717) is 18.0 Å². The van der Waals surface area contributed by atoms with E-state index in [1.807, 2.05) is 0 Å². The lowest BCUT2D eigenvalue weighted by Gasteiger charge is -2.13. The first-order chi connectivity index (χ1) is 8.54. The maximum atomic E-state index is 12.2. The van der Waals surface area contributed by atoms with Gasteiger partial charge in [0.05, 0.1) is 0 Å². The van der Waals surface area contributed by atoms with E-state index in [9.17, 15) is 13.2 Å². The minimum absolute atomic E-state index is 0.0866. The molecule has 100 valence electrons. The molecule has 1 saturated carbocycles. The zero-order chi connectivity index (χ0) is 13.0. The van der Waals surface area contributed by atoms with Gasteiger partial charge in [0.1, 0.15) is 5.75 Å². The van der Waals surface area contributed by atoms with E-state index >= 15 is 0 Å². The molecule has 0 spiro atoms. The Bertz CT molecular complexity index is 388. The van der Waals surface area contributed by atoms with Gasteiger partial charge in [-0.15, -0.1) is 13.2 Å². The van der Waals surface area contributed by atoms with Gasteiger partial charge in [0.2, 0.25) is 0 Å². The summed E-state index contributed by atoms with van der Waals surface area (Å²) >= 11 is 0. The van der Waals surface area contributed by atoms with Crippen molar-refractivity contribution < 1.29 is 17.9 Å². The standard InChI is InChI=1S/C13H16F3NO/c14-13(15,16)18-12-6-2-1-4-10(12)5-3-9-17-11-7-8-11/h1-2,4,6,11,17H,3,5,7-9H2. The lowest BCUT2D eigenvalue weighted by atomic mass is 10.1. The van der Waals surface area contributed by atoms with Gasteiger partial charge in [-0.25, -0.2) is 0 Å². The first-order valence-corrected chi connectivity index (χ1v) is 6.11. The molecule has 0 unspecified atom stereocenters. The van der Waals surface area contributed by atoms with Crippen molar-refractivity contribution in [3.8, 4) is 5.75 Å². The van der Waals surface area contributed by atoms with Crippen LogP contribution < -0.4 is 10.1 Å². The maximum Gasteiger partial charge on any atom is 0.573 e. The van der Waals surface area contributed by atoms with Crippen LogP contribution in [0.2, 0.25) is 0 Å². The number of para-hydroxylation sites is 1. The predicted octanol–water partition coefficient (Wildman–Crippen LogP) is 3.27. The van der Waals surface area contributed by atoms with Crippen LogP contribution in [0.1, 0.15) is 24.8 Å².